The van der Waals surface area contributed by atoms with Crippen LogP contribution in [0.15, 0.2) is 55.1 Å². The molecule has 2 aromatic heterocycles. The van der Waals surface area contributed by atoms with Crippen molar-refractivity contribution in [2.45, 2.75) is 12.5 Å². The molecular weight excluding hydrogens is 328 g/mol. The minimum absolute atomic E-state index is 0.0168. The standard InChI is InChI=1S/C19H22N6O/c1-24-12-15(7-21-24)17-9-20-10-18(17)19(26)23-16-8-22-25(13-16)11-14-5-3-2-4-6-14/h2-8,12-13,17-18,20H,9-11H2,1H3,(H,23,26)/t17-,18+/m1/s1. The Morgan fingerprint density at radius 3 is 2.81 bits per heavy atom. The molecular formula is C19H22N6O. The number of anilines is 1. The summed E-state index contributed by atoms with van der Waals surface area (Å²) in [5.41, 5.74) is 2.99. The number of hydrogen-bond donors (Lipinski definition) is 2. The van der Waals surface area contributed by atoms with Crippen LogP contribution >= 0.6 is 0 Å². The monoisotopic (exact) mass is 350 g/mol. The van der Waals surface area contributed by atoms with Crippen molar-refractivity contribution in [2.24, 2.45) is 13.0 Å². The maximum Gasteiger partial charge on any atom is 0.229 e. The molecule has 0 unspecified atom stereocenters. The maximum atomic E-state index is 12.8. The Kier molecular flexibility index (Phi) is 4.53. The predicted molar refractivity (Wildman–Crippen MR) is 98.7 cm³/mol. The second-order valence-electron chi connectivity index (χ2n) is 6.72. The van der Waals surface area contributed by atoms with Gasteiger partial charge in [-0.05, 0) is 11.1 Å². The Bertz CT molecular complexity index is 884. The average molecular weight is 350 g/mol. The van der Waals surface area contributed by atoms with Crippen LogP contribution in [0.5, 0.6) is 0 Å². The summed E-state index contributed by atoms with van der Waals surface area (Å²) in [5.74, 6) is 0.0443. The van der Waals surface area contributed by atoms with Gasteiger partial charge in [0.15, 0.2) is 0 Å². The van der Waals surface area contributed by atoms with Gasteiger partial charge in [-0.3, -0.25) is 14.2 Å². The highest BCUT2D eigenvalue weighted by Crippen LogP contribution is 2.28. The average Bonchev–Trinajstić information content (AvgIpc) is 3.36. The van der Waals surface area contributed by atoms with Gasteiger partial charge in [-0.15, -0.1) is 0 Å². The maximum absolute atomic E-state index is 12.8. The first kappa shape index (κ1) is 16.5. The lowest BCUT2D eigenvalue weighted by atomic mass is 9.90. The number of carbonyl (C=O) groups is 1. The highest BCUT2D eigenvalue weighted by atomic mass is 16.2. The zero-order valence-corrected chi connectivity index (χ0v) is 14.7. The van der Waals surface area contributed by atoms with E-state index in [0.29, 0.717) is 13.1 Å². The van der Waals surface area contributed by atoms with Gasteiger partial charge in [0.05, 0.1) is 30.5 Å². The van der Waals surface area contributed by atoms with E-state index >= 15 is 0 Å². The van der Waals surface area contributed by atoms with Crippen LogP contribution in [-0.2, 0) is 18.4 Å². The van der Waals surface area contributed by atoms with E-state index in [2.05, 4.69) is 33.0 Å². The van der Waals surface area contributed by atoms with Crippen LogP contribution in [-0.4, -0.2) is 38.6 Å². The van der Waals surface area contributed by atoms with Gasteiger partial charge < -0.3 is 10.6 Å². The van der Waals surface area contributed by atoms with Gasteiger partial charge in [0.25, 0.3) is 0 Å². The van der Waals surface area contributed by atoms with Crippen molar-refractivity contribution in [1.82, 2.24) is 24.9 Å². The molecule has 0 radical (unpaired) electrons. The molecule has 3 aromatic rings. The van der Waals surface area contributed by atoms with Crippen molar-refractivity contribution in [3.05, 3.63) is 66.2 Å². The quantitative estimate of drug-likeness (QED) is 0.733. The third-order valence-corrected chi connectivity index (χ3v) is 4.79. The molecule has 2 atom stereocenters. The summed E-state index contributed by atoms with van der Waals surface area (Å²) < 4.78 is 3.60. The van der Waals surface area contributed by atoms with Crippen molar-refractivity contribution in [3.8, 4) is 0 Å². The lowest BCUT2D eigenvalue weighted by molar-refractivity contribution is -0.119. The zero-order chi connectivity index (χ0) is 17.9. The van der Waals surface area contributed by atoms with Crippen LogP contribution in [0.2, 0.25) is 0 Å². The fourth-order valence-corrected chi connectivity index (χ4v) is 3.46. The van der Waals surface area contributed by atoms with Gasteiger partial charge in [0, 0.05) is 38.4 Å². The Labute approximate surface area is 152 Å². The van der Waals surface area contributed by atoms with E-state index < -0.39 is 0 Å². The van der Waals surface area contributed by atoms with Gasteiger partial charge >= 0.3 is 0 Å². The summed E-state index contributed by atoms with van der Waals surface area (Å²) in [6.07, 6.45) is 7.39. The molecule has 1 aliphatic heterocycles. The van der Waals surface area contributed by atoms with Crippen LogP contribution in [0.3, 0.4) is 0 Å². The van der Waals surface area contributed by atoms with Gasteiger partial charge in [0.1, 0.15) is 0 Å². The van der Waals surface area contributed by atoms with Crippen molar-refractivity contribution in [1.29, 1.82) is 0 Å². The van der Waals surface area contributed by atoms with E-state index in [9.17, 15) is 4.79 Å². The van der Waals surface area contributed by atoms with Gasteiger partial charge in [0.2, 0.25) is 5.91 Å². The van der Waals surface area contributed by atoms with E-state index in [0.717, 1.165) is 17.8 Å². The summed E-state index contributed by atoms with van der Waals surface area (Å²) in [7, 11) is 1.89. The number of rotatable bonds is 5. The first-order valence-corrected chi connectivity index (χ1v) is 8.75. The molecule has 1 amide bonds. The molecule has 1 aliphatic rings. The second kappa shape index (κ2) is 7.13. The van der Waals surface area contributed by atoms with Gasteiger partial charge in [-0.2, -0.15) is 10.2 Å². The first-order valence-electron chi connectivity index (χ1n) is 8.75. The lowest BCUT2D eigenvalue weighted by Gasteiger charge is -2.16. The second-order valence-corrected chi connectivity index (χ2v) is 6.72. The van der Waals surface area contributed by atoms with E-state index in [1.54, 1.807) is 10.9 Å². The molecule has 0 aliphatic carbocycles. The fourth-order valence-electron chi connectivity index (χ4n) is 3.46. The van der Waals surface area contributed by atoms with Crippen LogP contribution in [0, 0.1) is 5.92 Å². The van der Waals surface area contributed by atoms with E-state index in [1.807, 2.05) is 48.5 Å². The highest BCUT2D eigenvalue weighted by molar-refractivity contribution is 5.93. The number of amides is 1. The van der Waals surface area contributed by atoms with E-state index in [1.165, 1.54) is 5.56 Å². The Hall–Kier alpha value is -2.93. The van der Waals surface area contributed by atoms with E-state index in [4.69, 9.17) is 0 Å². The molecule has 26 heavy (non-hydrogen) atoms. The molecule has 134 valence electrons. The predicted octanol–water partition coefficient (Wildman–Crippen LogP) is 1.61. The van der Waals surface area contributed by atoms with Crippen LogP contribution in [0.4, 0.5) is 5.69 Å². The molecule has 7 nitrogen and oxygen atoms in total. The summed E-state index contributed by atoms with van der Waals surface area (Å²) in [6, 6.07) is 10.1. The molecule has 2 N–H and O–H groups in total. The van der Waals surface area contributed by atoms with Crippen LogP contribution in [0.1, 0.15) is 17.0 Å². The normalized spacial score (nSPS) is 19.6. The highest BCUT2D eigenvalue weighted by Gasteiger charge is 2.34. The summed E-state index contributed by atoms with van der Waals surface area (Å²) in [6.45, 7) is 2.14. The number of aromatic nitrogens is 4. The SMILES string of the molecule is Cn1cc([C@H]2CNC[C@@H]2C(=O)Nc2cnn(Cc3ccccc3)c2)cn1. The number of hydrogen-bond acceptors (Lipinski definition) is 4. The van der Waals surface area contributed by atoms with Crippen molar-refractivity contribution >= 4 is 11.6 Å². The van der Waals surface area contributed by atoms with Crippen molar-refractivity contribution in [3.63, 3.8) is 0 Å². The molecule has 0 bridgehead atoms. The topological polar surface area (TPSA) is 76.8 Å². The number of nitrogens with zero attached hydrogens (tertiary/aromatic N) is 4. The van der Waals surface area contributed by atoms with Gasteiger partial charge in [-0.1, -0.05) is 30.3 Å². The summed E-state index contributed by atoms with van der Waals surface area (Å²) in [4.78, 5) is 12.8. The Balaban J connectivity index is 1.41. The fraction of sp³-hybridized carbons (Fsp3) is 0.316. The Morgan fingerprint density at radius 2 is 2.04 bits per heavy atom. The van der Waals surface area contributed by atoms with Crippen molar-refractivity contribution < 1.29 is 4.79 Å². The van der Waals surface area contributed by atoms with Gasteiger partial charge in [-0.25, -0.2) is 0 Å². The van der Waals surface area contributed by atoms with Crippen LogP contribution < -0.4 is 10.6 Å². The van der Waals surface area contributed by atoms with Crippen molar-refractivity contribution in [2.75, 3.05) is 18.4 Å². The zero-order valence-electron chi connectivity index (χ0n) is 14.7. The minimum Gasteiger partial charge on any atom is -0.323 e. The number of benzene rings is 1. The number of carbonyl (C=O) groups excluding carboxylic acids is 1. The molecule has 4 rings (SSSR count). The lowest BCUT2D eigenvalue weighted by Crippen LogP contribution is -2.27. The minimum atomic E-state index is -0.114. The summed E-state index contributed by atoms with van der Waals surface area (Å²) in [5, 5.41) is 14.9. The number of nitrogens with one attached hydrogen (secondary N) is 2. The molecule has 7 heteroatoms. The number of aryl methyl sites for hydroxylation is 1. The first-order chi connectivity index (χ1) is 12.7. The van der Waals surface area contributed by atoms with Crippen LogP contribution in [0.25, 0.3) is 0 Å². The summed E-state index contributed by atoms with van der Waals surface area (Å²) >= 11 is 0. The molecule has 0 spiro atoms. The third-order valence-electron chi connectivity index (χ3n) is 4.79. The molecule has 1 aromatic carbocycles. The largest absolute Gasteiger partial charge is 0.323 e. The molecule has 1 fully saturated rings. The Morgan fingerprint density at radius 1 is 1.19 bits per heavy atom. The third kappa shape index (κ3) is 3.52. The molecule has 0 saturated carbocycles. The smallest absolute Gasteiger partial charge is 0.229 e. The molecule has 3 heterocycles. The molecule has 1 saturated heterocycles. The van der Waals surface area contributed by atoms with E-state index in [-0.39, 0.29) is 17.7 Å².